The number of nitrogens with zero attached hydrogens (tertiary/aromatic N) is 3. The Labute approximate surface area is 140 Å². The molecule has 7 heteroatoms. The lowest BCUT2D eigenvalue weighted by Gasteiger charge is -2.23. The molecule has 0 spiro atoms. The Bertz CT molecular complexity index is 687. The van der Waals surface area contributed by atoms with E-state index in [2.05, 4.69) is 20.6 Å². The van der Waals surface area contributed by atoms with Gasteiger partial charge in [-0.2, -0.15) is 0 Å². The van der Waals surface area contributed by atoms with Crippen molar-refractivity contribution in [2.45, 2.75) is 44.7 Å². The van der Waals surface area contributed by atoms with E-state index in [1.165, 1.54) is 12.7 Å². The minimum Gasteiger partial charge on any atom is -0.361 e. The van der Waals surface area contributed by atoms with Crippen molar-refractivity contribution in [1.29, 1.82) is 0 Å². The van der Waals surface area contributed by atoms with Gasteiger partial charge in [0.1, 0.15) is 6.33 Å². The van der Waals surface area contributed by atoms with E-state index in [0.717, 1.165) is 31.2 Å². The second-order valence-corrected chi connectivity index (χ2v) is 6.00. The van der Waals surface area contributed by atoms with Crippen LogP contribution in [0.5, 0.6) is 0 Å². The number of hydrogen-bond acceptors (Lipinski definition) is 6. The van der Waals surface area contributed by atoms with Gasteiger partial charge in [-0.1, -0.05) is 49.6 Å². The van der Waals surface area contributed by atoms with Gasteiger partial charge in [0, 0.05) is 12.6 Å². The number of hydrogen-bond donors (Lipinski definition) is 2. The third-order valence-electron chi connectivity index (χ3n) is 4.25. The van der Waals surface area contributed by atoms with Crippen LogP contribution in [0.1, 0.15) is 37.7 Å². The third-order valence-corrected chi connectivity index (χ3v) is 4.25. The fraction of sp³-hybridized carbons (Fsp3) is 0.412. The first-order valence-corrected chi connectivity index (χ1v) is 8.28. The van der Waals surface area contributed by atoms with Crippen molar-refractivity contribution in [3.05, 3.63) is 52.3 Å². The highest BCUT2D eigenvalue weighted by atomic mass is 16.6. The zero-order chi connectivity index (χ0) is 16.8. The number of rotatable bonds is 6. The maximum atomic E-state index is 11.5. The number of nitro groups is 1. The largest absolute Gasteiger partial charge is 0.361 e. The van der Waals surface area contributed by atoms with Crippen LogP contribution in [0.2, 0.25) is 0 Å². The van der Waals surface area contributed by atoms with Crippen LogP contribution in [-0.2, 0) is 6.54 Å². The normalized spacial score (nSPS) is 15.0. The first-order valence-electron chi connectivity index (χ1n) is 8.28. The van der Waals surface area contributed by atoms with Crippen LogP contribution in [-0.4, -0.2) is 20.9 Å². The topological polar surface area (TPSA) is 93.0 Å². The summed E-state index contributed by atoms with van der Waals surface area (Å²) in [5, 5.41) is 17.8. The molecule has 1 fully saturated rings. The SMILES string of the molecule is O=[N+]([O-])c1c(NCc2ccccc2)ncnc1NC1CCCCC1. The highest BCUT2D eigenvalue weighted by molar-refractivity contribution is 5.69. The Morgan fingerprint density at radius 3 is 2.50 bits per heavy atom. The molecule has 1 aliphatic rings. The van der Waals surface area contributed by atoms with Crippen molar-refractivity contribution in [3.63, 3.8) is 0 Å². The summed E-state index contributed by atoms with van der Waals surface area (Å²) < 4.78 is 0. The van der Waals surface area contributed by atoms with Gasteiger partial charge in [0.2, 0.25) is 11.6 Å². The molecule has 0 unspecified atom stereocenters. The zero-order valence-corrected chi connectivity index (χ0v) is 13.4. The van der Waals surface area contributed by atoms with Crippen LogP contribution in [0, 0.1) is 10.1 Å². The molecule has 0 atom stereocenters. The average molecular weight is 327 g/mol. The lowest BCUT2D eigenvalue weighted by molar-refractivity contribution is -0.383. The monoisotopic (exact) mass is 327 g/mol. The molecule has 2 N–H and O–H groups in total. The predicted molar refractivity (Wildman–Crippen MR) is 93.0 cm³/mol. The Balaban J connectivity index is 1.78. The van der Waals surface area contributed by atoms with Gasteiger partial charge < -0.3 is 10.6 Å². The fourth-order valence-corrected chi connectivity index (χ4v) is 3.01. The molecular formula is C17H21N5O2. The number of anilines is 2. The summed E-state index contributed by atoms with van der Waals surface area (Å²) >= 11 is 0. The van der Waals surface area contributed by atoms with Crippen LogP contribution < -0.4 is 10.6 Å². The average Bonchev–Trinajstić information content (AvgIpc) is 2.61. The molecule has 0 radical (unpaired) electrons. The van der Waals surface area contributed by atoms with Crippen molar-refractivity contribution in [2.24, 2.45) is 0 Å². The Morgan fingerprint density at radius 2 is 1.79 bits per heavy atom. The number of benzene rings is 1. The molecule has 1 saturated carbocycles. The van der Waals surface area contributed by atoms with Crippen LogP contribution in [0.25, 0.3) is 0 Å². The first-order chi connectivity index (χ1) is 11.7. The van der Waals surface area contributed by atoms with E-state index in [1.54, 1.807) is 0 Å². The van der Waals surface area contributed by atoms with E-state index in [4.69, 9.17) is 0 Å². The van der Waals surface area contributed by atoms with Gasteiger partial charge in [-0.25, -0.2) is 9.97 Å². The molecule has 1 aromatic carbocycles. The van der Waals surface area contributed by atoms with Gasteiger partial charge in [0.25, 0.3) is 0 Å². The number of aromatic nitrogens is 2. The van der Waals surface area contributed by atoms with E-state index in [0.29, 0.717) is 12.4 Å². The molecule has 0 aliphatic heterocycles. The highest BCUT2D eigenvalue weighted by Crippen LogP contribution is 2.31. The van der Waals surface area contributed by atoms with Crippen LogP contribution in [0.3, 0.4) is 0 Å². The van der Waals surface area contributed by atoms with E-state index in [9.17, 15) is 10.1 Å². The van der Waals surface area contributed by atoms with Crippen molar-refractivity contribution < 1.29 is 4.92 Å². The van der Waals surface area contributed by atoms with E-state index >= 15 is 0 Å². The van der Waals surface area contributed by atoms with E-state index in [-0.39, 0.29) is 17.5 Å². The lowest BCUT2D eigenvalue weighted by Crippen LogP contribution is -2.23. The fourth-order valence-electron chi connectivity index (χ4n) is 3.01. The van der Waals surface area contributed by atoms with Gasteiger partial charge in [-0.15, -0.1) is 0 Å². The van der Waals surface area contributed by atoms with E-state index < -0.39 is 4.92 Å². The van der Waals surface area contributed by atoms with Crippen molar-refractivity contribution in [1.82, 2.24) is 9.97 Å². The van der Waals surface area contributed by atoms with Crippen LogP contribution >= 0.6 is 0 Å². The maximum Gasteiger partial charge on any atom is 0.353 e. The predicted octanol–water partition coefficient (Wildman–Crippen LogP) is 3.74. The Kier molecular flexibility index (Phi) is 5.20. The molecule has 126 valence electrons. The molecule has 1 heterocycles. The van der Waals surface area contributed by atoms with Crippen molar-refractivity contribution in [2.75, 3.05) is 10.6 Å². The summed E-state index contributed by atoms with van der Waals surface area (Å²) in [7, 11) is 0. The highest BCUT2D eigenvalue weighted by Gasteiger charge is 2.25. The molecule has 0 amide bonds. The van der Waals surface area contributed by atoms with Gasteiger partial charge in [0.05, 0.1) is 4.92 Å². The minimum atomic E-state index is -0.418. The summed E-state index contributed by atoms with van der Waals surface area (Å²) in [6, 6.07) is 9.96. The second-order valence-electron chi connectivity index (χ2n) is 6.00. The summed E-state index contributed by atoms with van der Waals surface area (Å²) in [5.74, 6) is 0.551. The standard InChI is InChI=1S/C17H21N5O2/c23-22(24)15-16(18-11-13-7-3-1-4-8-13)19-12-20-17(15)21-14-9-5-2-6-10-14/h1,3-4,7-8,12,14H,2,5-6,9-11H2,(H2,18,19,20,21). The van der Waals surface area contributed by atoms with Gasteiger partial charge in [0.15, 0.2) is 0 Å². The third kappa shape index (κ3) is 3.98. The summed E-state index contributed by atoms with van der Waals surface area (Å²) in [6.45, 7) is 0.474. The molecule has 7 nitrogen and oxygen atoms in total. The Hall–Kier alpha value is -2.70. The molecule has 3 rings (SSSR count). The summed E-state index contributed by atoms with van der Waals surface area (Å²) in [6.07, 6.45) is 6.94. The molecule has 0 bridgehead atoms. The molecule has 1 aliphatic carbocycles. The Morgan fingerprint density at radius 1 is 1.08 bits per heavy atom. The molecule has 1 aromatic heterocycles. The second kappa shape index (κ2) is 7.72. The van der Waals surface area contributed by atoms with Crippen LogP contribution in [0.15, 0.2) is 36.7 Å². The number of nitrogens with one attached hydrogen (secondary N) is 2. The quantitative estimate of drug-likeness (QED) is 0.620. The summed E-state index contributed by atoms with van der Waals surface area (Å²) in [4.78, 5) is 19.3. The molecule has 24 heavy (non-hydrogen) atoms. The molecular weight excluding hydrogens is 306 g/mol. The van der Waals surface area contributed by atoms with Gasteiger partial charge in [-0.3, -0.25) is 10.1 Å². The zero-order valence-electron chi connectivity index (χ0n) is 13.4. The maximum absolute atomic E-state index is 11.5. The van der Waals surface area contributed by atoms with Gasteiger partial charge in [-0.05, 0) is 18.4 Å². The first kappa shape index (κ1) is 16.2. The van der Waals surface area contributed by atoms with Gasteiger partial charge >= 0.3 is 5.69 Å². The molecule has 0 saturated heterocycles. The van der Waals surface area contributed by atoms with Crippen molar-refractivity contribution >= 4 is 17.3 Å². The lowest BCUT2D eigenvalue weighted by atomic mass is 9.95. The van der Waals surface area contributed by atoms with Crippen molar-refractivity contribution in [3.8, 4) is 0 Å². The van der Waals surface area contributed by atoms with E-state index in [1.807, 2.05) is 30.3 Å². The smallest absolute Gasteiger partial charge is 0.353 e. The molecule has 2 aromatic rings. The summed E-state index contributed by atoms with van der Waals surface area (Å²) in [5.41, 5.74) is 0.950. The van der Waals surface area contributed by atoms with Crippen LogP contribution in [0.4, 0.5) is 17.3 Å². The minimum absolute atomic E-state index is 0.0843.